The highest BCUT2D eigenvalue weighted by molar-refractivity contribution is 6.32. The van der Waals surface area contributed by atoms with Gasteiger partial charge in [0.15, 0.2) is 6.61 Å². The molecule has 2 aromatic rings. The smallest absolute Gasteiger partial charge is 0.277 e. The van der Waals surface area contributed by atoms with Gasteiger partial charge in [-0.05, 0) is 37.3 Å². The SMILES string of the molecule is C/C(=N\NC(=O)COc1ccccc1Cl)c1cc(Cl)ccc1O. The lowest BCUT2D eigenvalue weighted by Crippen LogP contribution is -2.25. The van der Waals surface area contributed by atoms with Crippen molar-refractivity contribution >= 4 is 34.8 Å². The summed E-state index contributed by atoms with van der Waals surface area (Å²) in [4.78, 5) is 11.7. The van der Waals surface area contributed by atoms with Crippen LogP contribution in [0.3, 0.4) is 0 Å². The standard InChI is InChI=1S/C16H14Cl2N2O3/c1-10(12-8-11(17)6-7-14(12)21)19-20-16(22)9-23-15-5-3-2-4-13(15)18/h2-8,21H,9H2,1H3,(H,20,22)/b19-10+. The maximum atomic E-state index is 11.7. The zero-order valence-electron chi connectivity index (χ0n) is 12.2. The van der Waals surface area contributed by atoms with E-state index < -0.39 is 5.91 Å². The number of phenolic OH excluding ortho intramolecular Hbond substituents is 1. The van der Waals surface area contributed by atoms with Gasteiger partial charge in [-0.3, -0.25) is 4.79 Å². The fourth-order valence-electron chi connectivity index (χ4n) is 1.74. The van der Waals surface area contributed by atoms with E-state index in [9.17, 15) is 9.90 Å². The van der Waals surface area contributed by atoms with Crippen LogP contribution in [0.1, 0.15) is 12.5 Å². The number of aromatic hydroxyl groups is 1. The molecule has 1 amide bonds. The van der Waals surface area contributed by atoms with Crippen molar-refractivity contribution in [2.75, 3.05) is 6.61 Å². The van der Waals surface area contributed by atoms with Gasteiger partial charge in [-0.1, -0.05) is 35.3 Å². The van der Waals surface area contributed by atoms with Crippen LogP contribution in [0, 0.1) is 0 Å². The number of carbonyl (C=O) groups is 1. The highest BCUT2D eigenvalue weighted by Crippen LogP contribution is 2.23. The second kappa shape index (κ2) is 7.85. The summed E-state index contributed by atoms with van der Waals surface area (Å²) in [5.74, 6) is -0.0134. The molecule has 2 rings (SSSR count). The van der Waals surface area contributed by atoms with E-state index in [0.29, 0.717) is 27.1 Å². The second-order valence-electron chi connectivity index (χ2n) is 4.61. The van der Waals surface area contributed by atoms with E-state index >= 15 is 0 Å². The van der Waals surface area contributed by atoms with Crippen LogP contribution < -0.4 is 10.2 Å². The molecule has 7 heteroatoms. The summed E-state index contributed by atoms with van der Waals surface area (Å²) >= 11 is 11.8. The van der Waals surface area contributed by atoms with Gasteiger partial charge in [0.2, 0.25) is 0 Å². The molecule has 0 heterocycles. The first kappa shape index (κ1) is 17.1. The van der Waals surface area contributed by atoms with Crippen molar-refractivity contribution in [2.24, 2.45) is 5.10 Å². The molecule has 0 spiro atoms. The molecule has 0 unspecified atom stereocenters. The maximum Gasteiger partial charge on any atom is 0.277 e. The Morgan fingerprint density at radius 2 is 2.00 bits per heavy atom. The molecule has 0 fully saturated rings. The van der Waals surface area contributed by atoms with Gasteiger partial charge in [0.1, 0.15) is 11.5 Å². The number of amides is 1. The zero-order chi connectivity index (χ0) is 16.8. The highest BCUT2D eigenvalue weighted by Gasteiger charge is 2.08. The van der Waals surface area contributed by atoms with Crippen molar-refractivity contribution in [3.8, 4) is 11.5 Å². The van der Waals surface area contributed by atoms with Crippen LogP contribution >= 0.6 is 23.2 Å². The van der Waals surface area contributed by atoms with Gasteiger partial charge < -0.3 is 9.84 Å². The zero-order valence-corrected chi connectivity index (χ0v) is 13.7. The summed E-state index contributed by atoms with van der Waals surface area (Å²) in [6, 6.07) is 11.4. The summed E-state index contributed by atoms with van der Waals surface area (Å²) in [7, 11) is 0. The van der Waals surface area contributed by atoms with E-state index in [-0.39, 0.29) is 12.4 Å². The minimum Gasteiger partial charge on any atom is -0.507 e. The van der Waals surface area contributed by atoms with Gasteiger partial charge in [-0.15, -0.1) is 0 Å². The third-order valence-electron chi connectivity index (χ3n) is 2.89. The molecule has 0 aliphatic rings. The van der Waals surface area contributed by atoms with Crippen LogP contribution in [0.25, 0.3) is 0 Å². The number of halogens is 2. The monoisotopic (exact) mass is 352 g/mol. The summed E-state index contributed by atoms with van der Waals surface area (Å²) < 4.78 is 5.30. The molecule has 5 nitrogen and oxygen atoms in total. The van der Waals surface area contributed by atoms with Crippen LogP contribution in [0.15, 0.2) is 47.6 Å². The van der Waals surface area contributed by atoms with Crippen LogP contribution in [-0.2, 0) is 4.79 Å². The molecule has 0 radical (unpaired) electrons. The van der Waals surface area contributed by atoms with Crippen LogP contribution in [0.4, 0.5) is 0 Å². The molecule has 0 atom stereocenters. The third-order valence-corrected chi connectivity index (χ3v) is 3.44. The lowest BCUT2D eigenvalue weighted by molar-refractivity contribution is -0.123. The van der Waals surface area contributed by atoms with Gasteiger partial charge in [0.05, 0.1) is 10.7 Å². The number of benzene rings is 2. The van der Waals surface area contributed by atoms with Crippen molar-refractivity contribution in [3.63, 3.8) is 0 Å². The number of hydrogen-bond donors (Lipinski definition) is 2. The number of para-hydroxylation sites is 1. The lowest BCUT2D eigenvalue weighted by atomic mass is 10.1. The molecule has 0 bridgehead atoms. The highest BCUT2D eigenvalue weighted by atomic mass is 35.5. The van der Waals surface area contributed by atoms with Crippen LogP contribution in [0.2, 0.25) is 10.0 Å². The van der Waals surface area contributed by atoms with E-state index in [2.05, 4.69) is 10.5 Å². The van der Waals surface area contributed by atoms with Crippen molar-refractivity contribution < 1.29 is 14.6 Å². The molecule has 0 saturated carbocycles. The molecule has 23 heavy (non-hydrogen) atoms. The van der Waals surface area contributed by atoms with E-state index in [0.717, 1.165) is 0 Å². The largest absolute Gasteiger partial charge is 0.507 e. The number of phenols is 1. The number of rotatable bonds is 5. The minimum atomic E-state index is -0.453. The molecule has 0 aliphatic heterocycles. The summed E-state index contributed by atoms with van der Waals surface area (Å²) in [5, 5.41) is 14.6. The Balaban J connectivity index is 1.95. The fraction of sp³-hybridized carbons (Fsp3) is 0.125. The predicted molar refractivity (Wildman–Crippen MR) is 90.4 cm³/mol. The van der Waals surface area contributed by atoms with E-state index in [1.54, 1.807) is 43.3 Å². The Morgan fingerprint density at radius 3 is 2.74 bits per heavy atom. The topological polar surface area (TPSA) is 70.9 Å². The Labute approximate surface area is 143 Å². The molecule has 0 saturated heterocycles. The van der Waals surface area contributed by atoms with Crippen LogP contribution in [0.5, 0.6) is 11.5 Å². The van der Waals surface area contributed by atoms with Gasteiger partial charge in [-0.2, -0.15) is 5.10 Å². The Hall–Kier alpha value is -2.24. The van der Waals surface area contributed by atoms with E-state index in [1.165, 1.54) is 6.07 Å². The molecular formula is C16H14Cl2N2O3. The molecule has 120 valence electrons. The van der Waals surface area contributed by atoms with Gasteiger partial charge in [0, 0.05) is 10.6 Å². The van der Waals surface area contributed by atoms with Crippen molar-refractivity contribution in [3.05, 3.63) is 58.1 Å². The minimum absolute atomic E-state index is 0.0252. The van der Waals surface area contributed by atoms with Crippen LogP contribution in [-0.4, -0.2) is 23.3 Å². The normalized spacial score (nSPS) is 11.2. The number of ether oxygens (including phenoxy) is 1. The molecular weight excluding hydrogens is 339 g/mol. The van der Waals surface area contributed by atoms with E-state index in [4.69, 9.17) is 27.9 Å². The average molecular weight is 353 g/mol. The van der Waals surface area contributed by atoms with Gasteiger partial charge in [0.25, 0.3) is 5.91 Å². The number of hydrogen-bond acceptors (Lipinski definition) is 4. The van der Waals surface area contributed by atoms with Gasteiger partial charge >= 0.3 is 0 Å². The summed E-state index contributed by atoms with van der Waals surface area (Å²) in [6.45, 7) is 1.41. The number of carbonyl (C=O) groups excluding carboxylic acids is 1. The lowest BCUT2D eigenvalue weighted by Gasteiger charge is -2.08. The first-order valence-electron chi connectivity index (χ1n) is 6.66. The summed E-state index contributed by atoms with van der Waals surface area (Å²) in [6.07, 6.45) is 0. The fourth-order valence-corrected chi connectivity index (χ4v) is 2.10. The number of hydrazone groups is 1. The molecule has 2 aromatic carbocycles. The first-order valence-corrected chi connectivity index (χ1v) is 7.42. The van der Waals surface area contributed by atoms with E-state index in [1.807, 2.05) is 0 Å². The Bertz CT molecular complexity index is 748. The second-order valence-corrected chi connectivity index (χ2v) is 5.46. The van der Waals surface area contributed by atoms with Gasteiger partial charge in [-0.25, -0.2) is 5.43 Å². The first-order chi connectivity index (χ1) is 11.0. The Kier molecular flexibility index (Phi) is 5.84. The average Bonchev–Trinajstić information content (AvgIpc) is 2.54. The quantitative estimate of drug-likeness (QED) is 0.637. The maximum absolute atomic E-state index is 11.7. The molecule has 0 aromatic heterocycles. The van der Waals surface area contributed by atoms with Crippen molar-refractivity contribution in [2.45, 2.75) is 6.92 Å². The molecule has 0 aliphatic carbocycles. The number of nitrogens with one attached hydrogen (secondary N) is 1. The van der Waals surface area contributed by atoms with Crippen molar-refractivity contribution in [1.29, 1.82) is 0 Å². The number of nitrogens with zero attached hydrogens (tertiary/aromatic N) is 1. The summed E-state index contributed by atoms with van der Waals surface area (Å²) in [5.41, 5.74) is 3.19. The Morgan fingerprint density at radius 1 is 1.26 bits per heavy atom. The molecule has 2 N–H and O–H groups in total. The van der Waals surface area contributed by atoms with Crippen molar-refractivity contribution in [1.82, 2.24) is 5.43 Å². The third kappa shape index (κ3) is 4.87. The predicted octanol–water partition coefficient (Wildman–Crippen LogP) is 3.62.